The Labute approximate surface area is 85.1 Å². The summed E-state index contributed by atoms with van der Waals surface area (Å²) in [6.45, 7) is 0.670. The second-order valence-corrected chi connectivity index (χ2v) is 4.00. The van der Waals surface area contributed by atoms with Crippen LogP contribution >= 0.6 is 9.24 Å². The van der Waals surface area contributed by atoms with Crippen molar-refractivity contribution in [3.05, 3.63) is 23.9 Å². The van der Waals surface area contributed by atoms with Gasteiger partial charge in [-0.2, -0.15) is 0 Å². The number of H-pyrrole nitrogens is 1. The maximum atomic E-state index is 5.80. The first-order chi connectivity index (χ1) is 6.72. The Morgan fingerprint density at radius 3 is 2.86 bits per heavy atom. The summed E-state index contributed by atoms with van der Waals surface area (Å²) >= 11 is 0. The summed E-state index contributed by atoms with van der Waals surface area (Å²) in [5.41, 5.74) is 14.5. The van der Waals surface area contributed by atoms with Crippen molar-refractivity contribution in [1.82, 2.24) is 4.98 Å². The van der Waals surface area contributed by atoms with Crippen molar-refractivity contribution < 1.29 is 0 Å². The molecule has 2 rings (SSSR count). The molecule has 1 aromatic carbocycles. The lowest BCUT2D eigenvalue weighted by Gasteiger charge is -2.01. The normalized spacial score (nSPS) is 11.0. The zero-order valence-electron chi connectivity index (χ0n) is 7.88. The van der Waals surface area contributed by atoms with Gasteiger partial charge in [-0.1, -0.05) is 0 Å². The number of hydrogen-bond acceptors (Lipinski definition) is 2. The van der Waals surface area contributed by atoms with Crippen LogP contribution in [0.5, 0.6) is 0 Å². The summed E-state index contributed by atoms with van der Waals surface area (Å²) in [5.74, 6) is 0. The highest BCUT2D eigenvalue weighted by Crippen LogP contribution is 2.20. The van der Waals surface area contributed by atoms with E-state index in [4.69, 9.17) is 11.5 Å². The SMILES string of the molecule is NCCc1c[nH]c2cc(N)c(P)cc12. The van der Waals surface area contributed by atoms with Crippen molar-refractivity contribution in [1.29, 1.82) is 0 Å². The molecule has 3 nitrogen and oxygen atoms in total. The van der Waals surface area contributed by atoms with Crippen molar-refractivity contribution in [3.8, 4) is 0 Å². The molecule has 1 atom stereocenters. The number of nitrogens with one attached hydrogen (secondary N) is 1. The average Bonchev–Trinajstić information content (AvgIpc) is 2.51. The second kappa shape index (κ2) is 3.60. The van der Waals surface area contributed by atoms with Gasteiger partial charge in [0.25, 0.3) is 0 Å². The maximum Gasteiger partial charge on any atom is 0.0477 e. The lowest BCUT2D eigenvalue weighted by Crippen LogP contribution is -2.03. The molecule has 4 heteroatoms. The van der Waals surface area contributed by atoms with Crippen LogP contribution in [0.25, 0.3) is 10.9 Å². The van der Waals surface area contributed by atoms with E-state index in [1.807, 2.05) is 12.3 Å². The van der Waals surface area contributed by atoms with E-state index in [-0.39, 0.29) is 0 Å². The molecule has 0 amide bonds. The number of fused-ring (bicyclic) bond motifs is 1. The molecule has 14 heavy (non-hydrogen) atoms. The van der Waals surface area contributed by atoms with Crippen LogP contribution in [-0.4, -0.2) is 11.5 Å². The van der Waals surface area contributed by atoms with Crippen LogP contribution in [0.3, 0.4) is 0 Å². The average molecular weight is 207 g/mol. The molecule has 0 aliphatic rings. The van der Waals surface area contributed by atoms with Gasteiger partial charge in [-0.05, 0) is 36.0 Å². The van der Waals surface area contributed by atoms with Crippen molar-refractivity contribution in [2.24, 2.45) is 5.73 Å². The molecule has 0 bridgehead atoms. The highest BCUT2D eigenvalue weighted by Gasteiger charge is 2.04. The molecule has 0 aliphatic carbocycles. The van der Waals surface area contributed by atoms with E-state index < -0.39 is 0 Å². The second-order valence-electron chi connectivity index (χ2n) is 3.38. The minimum Gasteiger partial charge on any atom is -0.398 e. The van der Waals surface area contributed by atoms with Gasteiger partial charge >= 0.3 is 0 Å². The number of aromatic amines is 1. The Bertz CT molecular complexity index is 462. The van der Waals surface area contributed by atoms with Crippen LogP contribution in [0, 0.1) is 0 Å². The van der Waals surface area contributed by atoms with E-state index >= 15 is 0 Å². The van der Waals surface area contributed by atoms with Crippen LogP contribution in [-0.2, 0) is 6.42 Å². The Morgan fingerprint density at radius 1 is 1.36 bits per heavy atom. The van der Waals surface area contributed by atoms with Crippen LogP contribution in [0.4, 0.5) is 5.69 Å². The number of aromatic nitrogens is 1. The quantitative estimate of drug-likeness (QED) is 0.502. The van der Waals surface area contributed by atoms with Gasteiger partial charge in [0.05, 0.1) is 0 Å². The third-order valence-corrected chi connectivity index (χ3v) is 2.88. The lowest BCUT2D eigenvalue weighted by atomic mass is 10.1. The van der Waals surface area contributed by atoms with E-state index in [1.165, 1.54) is 10.9 Å². The monoisotopic (exact) mass is 207 g/mol. The van der Waals surface area contributed by atoms with E-state index in [0.29, 0.717) is 6.54 Å². The minimum atomic E-state index is 0.670. The number of nitrogen functional groups attached to an aromatic ring is 1. The molecule has 0 fully saturated rings. The molecule has 0 saturated carbocycles. The van der Waals surface area contributed by atoms with Crippen LogP contribution in [0.15, 0.2) is 18.3 Å². The third-order valence-electron chi connectivity index (χ3n) is 2.38. The van der Waals surface area contributed by atoms with Crippen molar-refractivity contribution >= 4 is 31.1 Å². The van der Waals surface area contributed by atoms with Gasteiger partial charge in [-0.25, -0.2) is 0 Å². The van der Waals surface area contributed by atoms with E-state index in [2.05, 4.69) is 20.3 Å². The van der Waals surface area contributed by atoms with Crippen LogP contribution < -0.4 is 16.8 Å². The number of anilines is 1. The fourth-order valence-electron chi connectivity index (χ4n) is 1.62. The number of benzene rings is 1. The molecule has 1 aromatic heterocycles. The molecule has 74 valence electrons. The Balaban J connectivity index is 2.61. The summed E-state index contributed by atoms with van der Waals surface area (Å²) in [7, 11) is 2.64. The van der Waals surface area contributed by atoms with E-state index in [9.17, 15) is 0 Å². The topological polar surface area (TPSA) is 67.8 Å². The summed E-state index contributed by atoms with van der Waals surface area (Å²) in [6.07, 6.45) is 2.90. The van der Waals surface area contributed by atoms with Crippen molar-refractivity contribution in [3.63, 3.8) is 0 Å². The molecule has 0 aliphatic heterocycles. The van der Waals surface area contributed by atoms with Gasteiger partial charge in [0.1, 0.15) is 0 Å². The summed E-state index contributed by atoms with van der Waals surface area (Å²) < 4.78 is 0. The fourth-order valence-corrected chi connectivity index (χ4v) is 1.87. The summed E-state index contributed by atoms with van der Waals surface area (Å²) in [5, 5.41) is 2.25. The van der Waals surface area contributed by atoms with Crippen LogP contribution in [0.2, 0.25) is 0 Å². The fraction of sp³-hybridized carbons (Fsp3) is 0.200. The van der Waals surface area contributed by atoms with Crippen LogP contribution in [0.1, 0.15) is 5.56 Å². The lowest BCUT2D eigenvalue weighted by molar-refractivity contribution is 0.976. The van der Waals surface area contributed by atoms with Gasteiger partial charge in [-0.15, -0.1) is 9.24 Å². The highest BCUT2D eigenvalue weighted by atomic mass is 31.0. The van der Waals surface area contributed by atoms with Gasteiger partial charge in [-0.3, -0.25) is 0 Å². The molecule has 1 heterocycles. The van der Waals surface area contributed by atoms with E-state index in [0.717, 1.165) is 22.9 Å². The molecule has 0 radical (unpaired) electrons. The smallest absolute Gasteiger partial charge is 0.0477 e. The predicted molar refractivity (Wildman–Crippen MR) is 64.8 cm³/mol. The van der Waals surface area contributed by atoms with Gasteiger partial charge in [0.2, 0.25) is 0 Å². The Kier molecular flexibility index (Phi) is 2.44. The molecule has 0 spiro atoms. The number of hydrogen-bond donors (Lipinski definition) is 3. The maximum absolute atomic E-state index is 5.80. The number of rotatable bonds is 2. The minimum absolute atomic E-state index is 0.670. The van der Waals surface area contributed by atoms with Crippen molar-refractivity contribution in [2.45, 2.75) is 6.42 Å². The number of nitrogens with two attached hydrogens (primary N) is 2. The molecular weight excluding hydrogens is 193 g/mol. The van der Waals surface area contributed by atoms with Crippen molar-refractivity contribution in [2.75, 3.05) is 12.3 Å². The molecule has 1 unspecified atom stereocenters. The Morgan fingerprint density at radius 2 is 2.14 bits per heavy atom. The first-order valence-corrected chi connectivity index (χ1v) is 5.15. The molecule has 5 N–H and O–H groups in total. The first kappa shape index (κ1) is 9.50. The molecular formula is C10H14N3P. The highest BCUT2D eigenvalue weighted by molar-refractivity contribution is 7.28. The standard InChI is InChI=1S/C10H14N3P/c11-2-1-6-5-13-9-4-8(12)10(14)3-7(6)9/h3-5,13H,1-2,11-12,14H2. The molecule has 0 saturated heterocycles. The van der Waals surface area contributed by atoms with E-state index in [1.54, 1.807) is 0 Å². The molecule has 2 aromatic rings. The zero-order valence-corrected chi connectivity index (χ0v) is 9.03. The van der Waals surface area contributed by atoms with Gasteiger partial charge in [0, 0.05) is 22.8 Å². The largest absolute Gasteiger partial charge is 0.398 e. The first-order valence-electron chi connectivity index (χ1n) is 4.57. The third kappa shape index (κ3) is 1.49. The van der Waals surface area contributed by atoms with Gasteiger partial charge < -0.3 is 16.5 Å². The zero-order chi connectivity index (χ0) is 10.1. The summed E-state index contributed by atoms with van der Waals surface area (Å²) in [6, 6.07) is 4.04. The van der Waals surface area contributed by atoms with Gasteiger partial charge in [0.15, 0.2) is 0 Å². The Hall–Kier alpha value is -1.05. The predicted octanol–water partition coefficient (Wildman–Crippen LogP) is 0.752. The summed E-state index contributed by atoms with van der Waals surface area (Å²) in [4.78, 5) is 3.20.